The zero-order valence-electron chi connectivity index (χ0n) is 26.8. The van der Waals surface area contributed by atoms with Gasteiger partial charge in [0.25, 0.3) is 0 Å². The lowest BCUT2D eigenvalue weighted by molar-refractivity contribution is -0.0907. The molecule has 3 N–H and O–H groups in total. The Balaban J connectivity index is 1.35. The molecule has 3 heterocycles. The van der Waals surface area contributed by atoms with Crippen molar-refractivity contribution in [3.63, 3.8) is 0 Å². The third kappa shape index (κ3) is 8.62. The highest BCUT2D eigenvalue weighted by atomic mass is 32.2. The van der Waals surface area contributed by atoms with Crippen LogP contribution < -0.4 is 10.6 Å². The maximum absolute atomic E-state index is 14.1. The maximum atomic E-state index is 14.1. The van der Waals surface area contributed by atoms with E-state index in [0.29, 0.717) is 29.6 Å². The van der Waals surface area contributed by atoms with E-state index in [1.54, 1.807) is 13.0 Å². The van der Waals surface area contributed by atoms with E-state index in [0.717, 1.165) is 5.56 Å². The van der Waals surface area contributed by atoms with Crippen LogP contribution in [0.5, 0.6) is 0 Å². The smallest absolute Gasteiger partial charge is 0.407 e. The lowest BCUT2D eigenvalue weighted by Crippen LogP contribution is -2.51. The van der Waals surface area contributed by atoms with E-state index in [4.69, 9.17) is 23.4 Å². The number of amides is 2. The van der Waals surface area contributed by atoms with Crippen molar-refractivity contribution < 1.29 is 46.5 Å². The Morgan fingerprint density at radius 2 is 1.87 bits per heavy atom. The van der Waals surface area contributed by atoms with Crippen LogP contribution in [0, 0.1) is 11.8 Å². The zero-order chi connectivity index (χ0) is 33.6. The minimum absolute atomic E-state index is 0.00168. The van der Waals surface area contributed by atoms with Gasteiger partial charge in [0, 0.05) is 30.6 Å². The molecule has 2 aliphatic rings. The molecule has 0 saturated carbocycles. The van der Waals surface area contributed by atoms with Gasteiger partial charge in [0.05, 0.1) is 49.0 Å². The summed E-state index contributed by atoms with van der Waals surface area (Å²) in [5, 5.41) is 17.5. The molecule has 0 aliphatic carbocycles. The van der Waals surface area contributed by atoms with Gasteiger partial charge in [-0.15, -0.1) is 0 Å². The molecule has 0 bridgehead atoms. The third-order valence-corrected chi connectivity index (χ3v) is 10.1. The van der Waals surface area contributed by atoms with Crippen LogP contribution in [0.1, 0.15) is 38.3 Å². The molecule has 5 atom stereocenters. The van der Waals surface area contributed by atoms with E-state index in [1.807, 2.05) is 44.2 Å². The summed E-state index contributed by atoms with van der Waals surface area (Å²) in [6.07, 6.45) is -1.07. The zero-order valence-corrected chi connectivity index (χ0v) is 27.6. The normalized spacial score (nSPS) is 20.7. The van der Waals surface area contributed by atoms with Crippen molar-refractivity contribution in [3.05, 3.63) is 65.9 Å². The fraction of sp³-hybridized carbons (Fsp3) is 0.515. The molecule has 0 radical (unpaired) electrons. The van der Waals surface area contributed by atoms with Gasteiger partial charge in [-0.1, -0.05) is 44.2 Å². The number of rotatable bonds is 14. The van der Waals surface area contributed by atoms with Gasteiger partial charge in [-0.05, 0) is 49.4 Å². The number of carbonyl (C=O) groups is 2. The predicted molar refractivity (Wildman–Crippen MR) is 171 cm³/mol. The molecule has 3 aromatic rings. The fourth-order valence-electron chi connectivity index (χ4n) is 5.89. The van der Waals surface area contributed by atoms with Crippen molar-refractivity contribution in [1.29, 1.82) is 0 Å². The quantitative estimate of drug-likeness (QED) is 0.229. The number of carbonyl (C=O) groups excluding carboxylic acids is 2. The molecule has 1 aromatic heterocycles. The monoisotopic (exact) mass is 673 g/mol. The molecule has 2 saturated heterocycles. The van der Waals surface area contributed by atoms with Gasteiger partial charge in [-0.3, -0.25) is 0 Å². The van der Waals surface area contributed by atoms with Crippen LogP contribution in [0.3, 0.4) is 0 Å². The lowest BCUT2D eigenvalue weighted by Gasteiger charge is -2.31. The fourth-order valence-corrected chi connectivity index (χ4v) is 7.54. The van der Waals surface area contributed by atoms with Gasteiger partial charge in [0.1, 0.15) is 11.7 Å². The number of ether oxygens (including phenoxy) is 4. The largest absolute Gasteiger partial charge is 0.464 e. The first-order valence-electron chi connectivity index (χ1n) is 15.9. The average Bonchev–Trinajstić information content (AvgIpc) is 3.77. The minimum Gasteiger partial charge on any atom is -0.464 e. The summed E-state index contributed by atoms with van der Waals surface area (Å²) in [5.74, 6) is -0.132. The van der Waals surface area contributed by atoms with Crippen LogP contribution >= 0.6 is 0 Å². The van der Waals surface area contributed by atoms with Crippen molar-refractivity contribution in [2.75, 3.05) is 32.9 Å². The summed E-state index contributed by atoms with van der Waals surface area (Å²) in [7, 11) is -4.14. The van der Waals surface area contributed by atoms with Gasteiger partial charge >= 0.3 is 12.2 Å². The summed E-state index contributed by atoms with van der Waals surface area (Å²) >= 11 is 0. The van der Waals surface area contributed by atoms with Crippen molar-refractivity contribution in [3.8, 4) is 0 Å². The number of fused-ring (bicyclic) bond motifs is 2. The second-order valence-corrected chi connectivity index (χ2v) is 14.1. The first-order valence-corrected chi connectivity index (χ1v) is 17.3. The minimum atomic E-state index is -4.14. The van der Waals surface area contributed by atoms with Crippen molar-refractivity contribution in [2.24, 2.45) is 11.8 Å². The molecule has 47 heavy (non-hydrogen) atoms. The van der Waals surface area contributed by atoms with Gasteiger partial charge in [-0.25, -0.2) is 18.0 Å². The Kier molecular flexibility index (Phi) is 11.4. The van der Waals surface area contributed by atoms with Crippen LogP contribution in [-0.4, -0.2) is 87.5 Å². The summed E-state index contributed by atoms with van der Waals surface area (Å²) in [4.78, 5) is 24.9. The number of aliphatic hydroxyl groups excluding tert-OH is 1. The topological polar surface area (TPSA) is 166 Å². The number of furan rings is 1. The highest BCUT2D eigenvalue weighted by Crippen LogP contribution is 2.33. The average molecular weight is 674 g/mol. The first-order chi connectivity index (χ1) is 22.5. The van der Waals surface area contributed by atoms with Gasteiger partial charge in [-0.2, -0.15) is 4.31 Å². The van der Waals surface area contributed by atoms with Crippen molar-refractivity contribution in [2.45, 2.75) is 69.6 Å². The Morgan fingerprint density at radius 1 is 1.09 bits per heavy atom. The Labute approximate surface area is 274 Å². The summed E-state index contributed by atoms with van der Waals surface area (Å²) in [5.41, 5.74) is 1.88. The molecule has 0 spiro atoms. The van der Waals surface area contributed by atoms with E-state index >= 15 is 0 Å². The molecule has 2 fully saturated rings. The Bertz CT molecular complexity index is 1610. The van der Waals surface area contributed by atoms with E-state index in [2.05, 4.69) is 10.6 Å². The molecule has 0 unspecified atom stereocenters. The molecule has 2 aliphatic heterocycles. The molecule has 2 aromatic carbocycles. The first kappa shape index (κ1) is 34.6. The molecule has 5 rings (SSSR count). The summed E-state index contributed by atoms with van der Waals surface area (Å²) in [6, 6.07) is 12.9. The van der Waals surface area contributed by atoms with Crippen LogP contribution in [0.25, 0.3) is 11.0 Å². The molecule has 14 heteroatoms. The van der Waals surface area contributed by atoms with Gasteiger partial charge in [0.2, 0.25) is 10.0 Å². The lowest BCUT2D eigenvalue weighted by atomic mass is 10.0. The number of hydrogen-bond acceptors (Lipinski definition) is 10. The SMILES string of the molecule is CCOC(=O)NCc1coc2ccc(S(=O)(=O)N(CC(C)C)C[C@@H](O)[C@H](Cc3ccccc3)NC(=O)O[C@H]3CO[C@H]4OCC[C@H]43)cc12. The maximum Gasteiger partial charge on any atom is 0.407 e. The van der Waals surface area contributed by atoms with Gasteiger partial charge in [0.15, 0.2) is 6.29 Å². The number of nitrogens with one attached hydrogen (secondary N) is 2. The summed E-state index contributed by atoms with van der Waals surface area (Å²) < 4.78 is 56.8. The molecule has 13 nitrogen and oxygen atoms in total. The van der Waals surface area contributed by atoms with Crippen LogP contribution in [0.15, 0.2) is 64.1 Å². The number of sulfonamides is 1. The predicted octanol–water partition coefficient (Wildman–Crippen LogP) is 3.79. The van der Waals surface area contributed by atoms with E-state index in [-0.39, 0.29) is 62.3 Å². The number of alkyl carbamates (subject to hydrolysis) is 2. The molecule has 256 valence electrons. The third-order valence-electron chi connectivity index (χ3n) is 8.23. The number of aliphatic hydroxyl groups is 1. The summed E-state index contributed by atoms with van der Waals surface area (Å²) in [6.45, 7) is 6.33. The van der Waals surface area contributed by atoms with Gasteiger partial charge < -0.3 is 39.1 Å². The van der Waals surface area contributed by atoms with Crippen LogP contribution in [0.4, 0.5) is 9.59 Å². The van der Waals surface area contributed by atoms with Crippen molar-refractivity contribution >= 4 is 33.2 Å². The van der Waals surface area contributed by atoms with E-state index in [1.165, 1.54) is 22.7 Å². The number of benzene rings is 2. The van der Waals surface area contributed by atoms with Crippen LogP contribution in [-0.2, 0) is 41.9 Å². The standard InChI is InChI=1S/C33H43N3O10S/c1-4-42-32(38)34-16-23-19-44-29-11-10-24(15-26(23)29)47(40,41)36(17-21(2)3)18-28(37)27(14-22-8-6-5-7-9-22)35-33(39)46-30-20-45-31-25(30)12-13-43-31/h5-11,15,19,21,25,27-28,30-31,37H,4,12-14,16-18,20H2,1-3H3,(H,34,38)(H,35,39)/t25-,27-,28+,30-,31+/m0/s1. The Morgan fingerprint density at radius 3 is 2.62 bits per heavy atom. The Hall–Kier alpha value is -3.69. The molecule has 2 amide bonds. The molecular formula is C33H43N3O10S. The van der Waals surface area contributed by atoms with Crippen LogP contribution in [0.2, 0.25) is 0 Å². The van der Waals surface area contributed by atoms with Crippen molar-refractivity contribution in [1.82, 2.24) is 14.9 Å². The molecular weight excluding hydrogens is 630 g/mol. The second-order valence-electron chi connectivity index (χ2n) is 12.2. The van der Waals surface area contributed by atoms with E-state index < -0.39 is 40.5 Å². The number of hydrogen-bond donors (Lipinski definition) is 3. The highest BCUT2D eigenvalue weighted by Gasteiger charge is 2.44. The second kappa shape index (κ2) is 15.5. The number of nitrogens with zero attached hydrogens (tertiary/aromatic N) is 1. The van der Waals surface area contributed by atoms with E-state index in [9.17, 15) is 23.1 Å². The highest BCUT2D eigenvalue weighted by molar-refractivity contribution is 7.89.